The van der Waals surface area contributed by atoms with Crippen LogP contribution in [0.2, 0.25) is 0 Å². The van der Waals surface area contributed by atoms with E-state index >= 15 is 0 Å². The summed E-state index contributed by atoms with van der Waals surface area (Å²) in [4.78, 5) is 12.3. The Balaban J connectivity index is 0.00000405. The zero-order chi connectivity index (χ0) is 31.5. The molecule has 2 aromatic rings. The van der Waals surface area contributed by atoms with E-state index in [1.54, 1.807) is 0 Å². The fraction of sp³-hybridized carbons (Fsp3) is 0.526. The minimum atomic E-state index is -3.96. The Kier molecular flexibility index (Phi) is 2.10. The van der Waals surface area contributed by atoms with Gasteiger partial charge >= 0.3 is 5.97 Å². The number of thiophene rings is 2. The summed E-state index contributed by atoms with van der Waals surface area (Å²) in [5, 5.41) is 10.6. The zero-order valence-corrected chi connectivity index (χ0v) is 17.0. The van der Waals surface area contributed by atoms with Crippen molar-refractivity contribution >= 4 is 28.6 Å². The van der Waals surface area contributed by atoms with E-state index in [0.717, 1.165) is 14.1 Å². The number of nitrogens with zero attached hydrogens (tertiary/aromatic N) is 1. The van der Waals surface area contributed by atoms with Gasteiger partial charge in [-0.25, -0.2) is 4.79 Å². The van der Waals surface area contributed by atoms with Gasteiger partial charge in [0, 0.05) is 18.2 Å². The van der Waals surface area contributed by atoms with Crippen LogP contribution in [0, 0.1) is 0 Å². The normalized spacial score (nSPS) is 58.4. The van der Waals surface area contributed by atoms with Crippen LogP contribution in [0.1, 0.15) is 43.1 Å². The van der Waals surface area contributed by atoms with Crippen LogP contribution < -0.4 is 17.0 Å². The molecule has 3 aliphatic heterocycles. The van der Waals surface area contributed by atoms with Crippen molar-refractivity contribution in [3.05, 3.63) is 44.6 Å². The Morgan fingerprint density at radius 3 is 2.26 bits per heavy atom. The van der Waals surface area contributed by atoms with E-state index in [9.17, 15) is 9.90 Å². The van der Waals surface area contributed by atoms with Gasteiger partial charge in [0.05, 0.1) is 38.9 Å². The van der Waals surface area contributed by atoms with Crippen molar-refractivity contribution in [2.24, 2.45) is 0 Å². The third-order valence-corrected chi connectivity index (χ3v) is 5.90. The molecule has 0 radical (unpaired) electrons. The summed E-state index contributed by atoms with van der Waals surface area (Å²) in [6.07, 6.45) is -17.3. The van der Waals surface area contributed by atoms with Crippen molar-refractivity contribution in [3.63, 3.8) is 0 Å². The average molecular weight is 488 g/mol. The number of epoxide rings is 1. The number of morpholine rings is 1. The highest BCUT2D eigenvalue weighted by Crippen LogP contribution is 2.52. The van der Waals surface area contributed by atoms with Crippen LogP contribution in [-0.2, 0) is 19.9 Å². The largest absolute Gasteiger partial charge is 1.00 e. The van der Waals surface area contributed by atoms with Gasteiger partial charge < -0.3 is 36.0 Å². The summed E-state index contributed by atoms with van der Waals surface area (Å²) < 4.78 is 136. The molecule has 2 bridgehead atoms. The lowest BCUT2D eigenvalue weighted by molar-refractivity contribution is -0.938. The van der Waals surface area contributed by atoms with Gasteiger partial charge in [-0.15, -0.1) is 22.7 Å². The molecule has 0 amide bonds. The predicted octanol–water partition coefficient (Wildman–Crippen LogP) is -0.650. The van der Waals surface area contributed by atoms with Crippen LogP contribution in [0.5, 0.6) is 0 Å². The summed E-state index contributed by atoms with van der Waals surface area (Å²) in [6.45, 7) is 0. The van der Waals surface area contributed by atoms with Crippen LogP contribution in [0.3, 0.4) is 0 Å². The Bertz CT molecular complexity index is 1460. The number of carbonyl (C=O) groups excluding carboxylic acids is 1. The van der Waals surface area contributed by atoms with E-state index in [1.807, 2.05) is 0 Å². The lowest BCUT2D eigenvalue weighted by Crippen LogP contribution is -3.00. The van der Waals surface area contributed by atoms with Gasteiger partial charge in [-0.2, -0.15) is 0 Å². The van der Waals surface area contributed by atoms with Crippen molar-refractivity contribution in [2.45, 2.75) is 48.6 Å². The highest BCUT2D eigenvalue weighted by molar-refractivity contribution is 7.12. The number of piperidine rings is 1. The fourth-order valence-electron chi connectivity index (χ4n) is 2.85. The molecule has 4 unspecified atom stereocenters. The number of rotatable bonds is 4. The Morgan fingerprint density at radius 1 is 1.30 bits per heavy atom. The van der Waals surface area contributed by atoms with Gasteiger partial charge in [0.15, 0.2) is 0 Å². The Morgan fingerprint density at radius 2 is 1.81 bits per heavy atom. The van der Waals surface area contributed by atoms with Crippen LogP contribution in [0.25, 0.3) is 0 Å². The molecule has 1 N–H and O–H groups in total. The van der Waals surface area contributed by atoms with Gasteiger partial charge in [-0.1, -0.05) is 12.1 Å². The number of likely N-dealkylation sites (N-methyl/N-ethyl adjacent to an activating group) is 1. The molecule has 3 fully saturated rings. The number of halogens is 1. The lowest BCUT2D eigenvalue weighted by Gasteiger charge is -2.45. The van der Waals surface area contributed by atoms with Crippen LogP contribution >= 0.6 is 22.7 Å². The van der Waals surface area contributed by atoms with E-state index < -0.39 is 104 Å². The van der Waals surface area contributed by atoms with E-state index in [-0.39, 0.29) is 39.7 Å². The monoisotopic (exact) mass is 486 g/mol. The second kappa shape index (κ2) is 6.64. The van der Waals surface area contributed by atoms with Crippen molar-refractivity contribution in [3.8, 4) is 0 Å². The number of ether oxygens (including phenoxy) is 2. The minimum Gasteiger partial charge on any atom is -1.00 e. The molecule has 146 valence electrons. The summed E-state index contributed by atoms with van der Waals surface area (Å²) in [6, 6.07) is -9.64. The predicted molar refractivity (Wildman–Crippen MR) is 99.1 cm³/mol. The molecule has 3 saturated heterocycles. The van der Waals surface area contributed by atoms with Gasteiger partial charge in [0.25, 0.3) is 0 Å². The third-order valence-electron chi connectivity index (χ3n) is 4.29. The van der Waals surface area contributed by atoms with Crippen molar-refractivity contribution < 1.29 is 61.4 Å². The molecule has 5 nitrogen and oxygen atoms in total. The maximum absolute atomic E-state index is 13.9. The SMILES string of the molecule is [2H]c1sc(C(O)(C(=O)OC2([2H])C([2H])([2H])C3([2H])C4([2H])OC4([2H])C([2H])(C2([2H])[2H])[N+]3(C)C)c2sc([2H])c([2H])c2[2H])c([2H])c1[2H].[Br-]. The third kappa shape index (κ3) is 2.84. The molecule has 0 spiro atoms. The number of fused-ring (bicyclic) bond motifs is 5. The molecule has 4 atom stereocenters. The highest BCUT2D eigenvalue weighted by atomic mass is 79.9. The van der Waals surface area contributed by atoms with Gasteiger partial charge in [0.2, 0.25) is 5.60 Å². The van der Waals surface area contributed by atoms with Crippen LogP contribution in [-0.4, -0.2) is 59.9 Å². The number of aliphatic hydroxyl groups is 1. The van der Waals surface area contributed by atoms with Gasteiger partial charge in [0.1, 0.15) is 30.3 Å². The topological polar surface area (TPSA) is 59.1 Å². The molecule has 27 heavy (non-hydrogen) atoms. The second-order valence-corrected chi connectivity index (χ2v) is 7.79. The van der Waals surface area contributed by atoms with Crippen LogP contribution in [0.15, 0.2) is 34.9 Å². The first-order chi connectivity index (χ1) is 18.3. The quantitative estimate of drug-likeness (QED) is 0.354. The number of esters is 1. The van der Waals surface area contributed by atoms with Gasteiger partial charge in [-0.3, -0.25) is 0 Å². The number of hydrogen-bond donors (Lipinski definition) is 1. The van der Waals surface area contributed by atoms with Crippen molar-refractivity contribution in [2.75, 3.05) is 14.1 Å². The smallest absolute Gasteiger partial charge is 0.349 e. The first kappa shape index (κ1) is 8.53. The summed E-state index contributed by atoms with van der Waals surface area (Å²) in [5.41, 5.74) is -3.43. The maximum atomic E-state index is 13.9. The molecule has 8 heteroatoms. The summed E-state index contributed by atoms with van der Waals surface area (Å²) in [5.74, 6) is -2.11. The molecule has 3 aliphatic rings. The first-order valence-electron chi connectivity index (χ1n) is 14.9. The van der Waals surface area contributed by atoms with E-state index in [2.05, 4.69) is 0 Å². The van der Waals surface area contributed by atoms with E-state index in [1.165, 1.54) is 0 Å². The molecule has 2 aromatic heterocycles. The lowest BCUT2D eigenvalue weighted by atomic mass is 9.95. The summed E-state index contributed by atoms with van der Waals surface area (Å²) in [7, 11) is 2.03. The second-order valence-electron chi connectivity index (χ2n) is 6.16. The van der Waals surface area contributed by atoms with Crippen molar-refractivity contribution in [1.82, 2.24) is 0 Å². The fourth-order valence-corrected chi connectivity index (χ4v) is 4.19. The van der Waals surface area contributed by atoms with Gasteiger partial charge in [-0.05, 0) is 22.8 Å². The standard InChI is InChI=1S/C19H22NO4S2.BrH/c1-20(2)12-9-11(10-13(20)17-16(12)24-17)23-18(21)19(22,14-5-3-7-25-14)15-6-4-8-26-15;/h3-8,11-13,16-17,22H,9-10H2,1-2H3;1H/q+1;/p-1/i3D,4D,5D,6D,7D,8D,9D2,10D2,11D,12D,13D,16D,17D;. The van der Waals surface area contributed by atoms with E-state index in [4.69, 9.17) is 30.0 Å². The Labute approximate surface area is 198 Å². The molecule has 0 aliphatic carbocycles. The molecule has 5 rings (SSSR count). The number of hydrogen-bond acceptors (Lipinski definition) is 6. The molecule has 5 heterocycles. The van der Waals surface area contributed by atoms with Crippen LogP contribution in [0.4, 0.5) is 0 Å². The van der Waals surface area contributed by atoms with E-state index in [0.29, 0.717) is 0 Å². The number of carbonyl (C=O) groups is 1. The van der Waals surface area contributed by atoms with Crippen molar-refractivity contribution in [1.29, 1.82) is 0 Å². The Hall–Kier alpha value is -0.770. The molecular weight excluding hydrogens is 450 g/mol. The zero-order valence-electron chi connectivity index (χ0n) is 28.8. The molecule has 0 saturated carbocycles. The number of quaternary nitrogens is 1. The maximum Gasteiger partial charge on any atom is 0.349 e. The average Bonchev–Trinajstić information content (AvgIpc) is 3.22. The first-order valence-corrected chi connectivity index (χ1v) is 9.04. The summed E-state index contributed by atoms with van der Waals surface area (Å²) >= 11 is 0.419. The molecular formula is C19H22BrNO4S2. The molecule has 0 aromatic carbocycles. The minimum absolute atomic E-state index is 0. The highest BCUT2D eigenvalue weighted by Gasteiger charge is 2.71.